The largest absolute Gasteiger partial charge is 0.497 e. The average Bonchev–Trinajstić information content (AvgIpc) is 2.53. The highest BCUT2D eigenvalue weighted by atomic mass is 16.5. The van der Waals surface area contributed by atoms with Crippen LogP contribution in [0.25, 0.3) is 0 Å². The van der Waals surface area contributed by atoms with Crippen molar-refractivity contribution < 1.29 is 9.47 Å². The predicted octanol–water partition coefficient (Wildman–Crippen LogP) is 3.11. The molecule has 1 N–H and O–H groups in total. The van der Waals surface area contributed by atoms with E-state index >= 15 is 0 Å². The summed E-state index contributed by atoms with van der Waals surface area (Å²) in [4.78, 5) is 4.39. The topological polar surface area (TPSA) is 43.4 Å². The maximum Gasteiger partial charge on any atom is 0.122 e. The molecule has 1 aromatic heterocycles. The monoisotopic (exact) mass is 286 g/mol. The van der Waals surface area contributed by atoms with Gasteiger partial charge in [-0.25, -0.2) is 0 Å². The van der Waals surface area contributed by atoms with Crippen LogP contribution >= 0.6 is 0 Å². The zero-order valence-corrected chi connectivity index (χ0v) is 13.0. The molecule has 2 aromatic rings. The summed E-state index contributed by atoms with van der Waals surface area (Å²) in [6, 6.07) is 10.1. The van der Waals surface area contributed by atoms with Crippen LogP contribution in [0.1, 0.15) is 29.8 Å². The molecule has 0 aliphatic carbocycles. The minimum absolute atomic E-state index is 0.0627. The Labute approximate surface area is 126 Å². The van der Waals surface area contributed by atoms with E-state index in [0.717, 1.165) is 34.9 Å². The van der Waals surface area contributed by atoms with Gasteiger partial charge in [0, 0.05) is 18.0 Å². The summed E-state index contributed by atoms with van der Waals surface area (Å²) in [5.74, 6) is 1.57. The van der Waals surface area contributed by atoms with Gasteiger partial charge in [0.05, 0.1) is 20.3 Å². The lowest BCUT2D eigenvalue weighted by Crippen LogP contribution is -2.23. The molecular weight excluding hydrogens is 264 g/mol. The Morgan fingerprint density at radius 1 is 1.14 bits per heavy atom. The third-order valence-electron chi connectivity index (χ3n) is 3.47. The highest BCUT2D eigenvalue weighted by Crippen LogP contribution is 2.30. The second-order valence-corrected chi connectivity index (χ2v) is 4.81. The van der Waals surface area contributed by atoms with Gasteiger partial charge in [-0.2, -0.15) is 0 Å². The highest BCUT2D eigenvalue weighted by molar-refractivity contribution is 5.43. The number of aromatic nitrogens is 1. The predicted molar refractivity (Wildman–Crippen MR) is 84.0 cm³/mol. The number of aryl methyl sites for hydroxylation is 1. The van der Waals surface area contributed by atoms with Gasteiger partial charge >= 0.3 is 0 Å². The standard InChI is InChI=1S/C17H22N2O2/c1-5-18-17(16-7-6-8-19-12(16)2)13-9-14(20-3)11-15(10-13)21-4/h6-11,17-18H,5H2,1-4H3. The van der Waals surface area contributed by atoms with E-state index in [-0.39, 0.29) is 6.04 Å². The highest BCUT2D eigenvalue weighted by Gasteiger charge is 2.17. The molecule has 1 aromatic carbocycles. The first-order valence-electron chi connectivity index (χ1n) is 7.07. The Morgan fingerprint density at radius 2 is 1.81 bits per heavy atom. The summed E-state index contributed by atoms with van der Waals surface area (Å²) in [5, 5.41) is 3.51. The van der Waals surface area contributed by atoms with E-state index in [1.165, 1.54) is 0 Å². The first-order valence-corrected chi connectivity index (χ1v) is 7.07. The molecule has 112 valence electrons. The minimum atomic E-state index is 0.0627. The molecule has 0 saturated carbocycles. The summed E-state index contributed by atoms with van der Waals surface area (Å²) in [7, 11) is 3.33. The van der Waals surface area contributed by atoms with Gasteiger partial charge < -0.3 is 14.8 Å². The fraction of sp³-hybridized carbons (Fsp3) is 0.353. The van der Waals surface area contributed by atoms with Crippen molar-refractivity contribution in [2.45, 2.75) is 19.9 Å². The van der Waals surface area contributed by atoms with E-state index in [2.05, 4.69) is 23.3 Å². The van der Waals surface area contributed by atoms with Gasteiger partial charge in [-0.15, -0.1) is 0 Å². The first kappa shape index (κ1) is 15.3. The maximum absolute atomic E-state index is 5.37. The number of methoxy groups -OCH3 is 2. The molecule has 0 saturated heterocycles. The molecule has 1 unspecified atom stereocenters. The van der Waals surface area contributed by atoms with Crippen LogP contribution in [0.3, 0.4) is 0 Å². The van der Waals surface area contributed by atoms with E-state index in [4.69, 9.17) is 9.47 Å². The Balaban J connectivity index is 2.50. The van der Waals surface area contributed by atoms with Crippen LogP contribution in [0.15, 0.2) is 36.5 Å². The van der Waals surface area contributed by atoms with Crippen LogP contribution in [0.4, 0.5) is 0 Å². The van der Waals surface area contributed by atoms with Gasteiger partial charge in [-0.1, -0.05) is 13.0 Å². The summed E-state index contributed by atoms with van der Waals surface area (Å²) in [5.41, 5.74) is 3.28. The molecule has 4 heteroatoms. The van der Waals surface area contributed by atoms with E-state index in [1.54, 1.807) is 14.2 Å². The van der Waals surface area contributed by atoms with Crippen LogP contribution < -0.4 is 14.8 Å². The van der Waals surface area contributed by atoms with Crippen molar-refractivity contribution >= 4 is 0 Å². The van der Waals surface area contributed by atoms with Gasteiger partial charge in [-0.3, -0.25) is 4.98 Å². The van der Waals surface area contributed by atoms with Crippen molar-refractivity contribution in [3.63, 3.8) is 0 Å². The molecule has 1 atom stereocenters. The number of nitrogens with zero attached hydrogens (tertiary/aromatic N) is 1. The van der Waals surface area contributed by atoms with E-state index in [9.17, 15) is 0 Å². The van der Waals surface area contributed by atoms with Crippen LogP contribution in [0.2, 0.25) is 0 Å². The molecule has 0 aliphatic heterocycles. The SMILES string of the molecule is CCNC(c1cc(OC)cc(OC)c1)c1cccnc1C. The Kier molecular flexibility index (Phi) is 5.17. The molecule has 0 radical (unpaired) electrons. The van der Waals surface area contributed by atoms with Gasteiger partial charge in [0.1, 0.15) is 11.5 Å². The maximum atomic E-state index is 5.37. The van der Waals surface area contributed by atoms with Crippen molar-refractivity contribution in [2.24, 2.45) is 0 Å². The summed E-state index contributed by atoms with van der Waals surface area (Å²) < 4.78 is 10.7. The smallest absolute Gasteiger partial charge is 0.122 e. The number of hydrogen-bond donors (Lipinski definition) is 1. The van der Waals surface area contributed by atoms with Crippen molar-refractivity contribution in [2.75, 3.05) is 20.8 Å². The Bertz CT molecular complexity index is 577. The molecule has 0 spiro atoms. The van der Waals surface area contributed by atoms with Crippen molar-refractivity contribution in [3.05, 3.63) is 53.3 Å². The molecule has 0 bridgehead atoms. The Hall–Kier alpha value is -2.07. The van der Waals surface area contributed by atoms with Crippen molar-refractivity contribution in [1.29, 1.82) is 0 Å². The lowest BCUT2D eigenvalue weighted by atomic mass is 9.97. The van der Waals surface area contributed by atoms with Gasteiger partial charge in [-0.05, 0) is 42.8 Å². The molecule has 4 nitrogen and oxygen atoms in total. The van der Waals surface area contributed by atoms with E-state index in [0.29, 0.717) is 0 Å². The van der Waals surface area contributed by atoms with Crippen LogP contribution in [0.5, 0.6) is 11.5 Å². The first-order chi connectivity index (χ1) is 10.2. The molecular formula is C17H22N2O2. The molecule has 0 aliphatic rings. The normalized spacial score (nSPS) is 12.0. The van der Waals surface area contributed by atoms with Crippen molar-refractivity contribution in [3.8, 4) is 11.5 Å². The summed E-state index contributed by atoms with van der Waals surface area (Å²) >= 11 is 0. The Morgan fingerprint density at radius 3 is 2.33 bits per heavy atom. The molecule has 0 amide bonds. The number of hydrogen-bond acceptors (Lipinski definition) is 4. The van der Waals surface area contributed by atoms with Crippen molar-refractivity contribution in [1.82, 2.24) is 10.3 Å². The number of nitrogens with one attached hydrogen (secondary N) is 1. The second-order valence-electron chi connectivity index (χ2n) is 4.81. The molecule has 0 fully saturated rings. The zero-order valence-electron chi connectivity index (χ0n) is 13.0. The third kappa shape index (κ3) is 3.52. The zero-order chi connectivity index (χ0) is 15.2. The van der Waals surface area contributed by atoms with E-state index < -0.39 is 0 Å². The summed E-state index contributed by atoms with van der Waals surface area (Å²) in [6.07, 6.45) is 1.81. The molecule has 2 rings (SSSR count). The number of ether oxygens (including phenoxy) is 2. The van der Waals surface area contributed by atoms with E-state index in [1.807, 2.05) is 37.4 Å². The minimum Gasteiger partial charge on any atom is -0.497 e. The van der Waals surface area contributed by atoms with Gasteiger partial charge in [0.15, 0.2) is 0 Å². The lowest BCUT2D eigenvalue weighted by Gasteiger charge is -2.21. The van der Waals surface area contributed by atoms with Crippen LogP contribution in [-0.2, 0) is 0 Å². The lowest BCUT2D eigenvalue weighted by molar-refractivity contribution is 0.392. The molecule has 21 heavy (non-hydrogen) atoms. The number of pyridine rings is 1. The summed E-state index contributed by atoms with van der Waals surface area (Å²) in [6.45, 7) is 4.98. The van der Waals surface area contributed by atoms with Gasteiger partial charge in [0.25, 0.3) is 0 Å². The van der Waals surface area contributed by atoms with Crippen LogP contribution in [0, 0.1) is 6.92 Å². The fourth-order valence-electron chi connectivity index (χ4n) is 2.41. The fourth-order valence-corrected chi connectivity index (χ4v) is 2.41. The number of benzene rings is 1. The third-order valence-corrected chi connectivity index (χ3v) is 3.47. The average molecular weight is 286 g/mol. The van der Waals surface area contributed by atoms with Gasteiger partial charge in [0.2, 0.25) is 0 Å². The quantitative estimate of drug-likeness (QED) is 0.886. The number of rotatable bonds is 6. The molecule has 1 heterocycles. The van der Waals surface area contributed by atoms with Crippen LogP contribution in [-0.4, -0.2) is 25.7 Å². The second kappa shape index (κ2) is 7.09.